The van der Waals surface area contributed by atoms with Gasteiger partial charge in [0.25, 0.3) is 5.91 Å². The summed E-state index contributed by atoms with van der Waals surface area (Å²) in [6.45, 7) is 1.56. The van der Waals surface area contributed by atoms with E-state index in [2.05, 4.69) is 27.1 Å². The zero-order chi connectivity index (χ0) is 22.2. The highest BCUT2D eigenvalue weighted by molar-refractivity contribution is 7.07. The Kier molecular flexibility index (Phi) is 7.51. The van der Waals surface area contributed by atoms with Gasteiger partial charge < -0.3 is 15.0 Å². The van der Waals surface area contributed by atoms with E-state index < -0.39 is 6.04 Å². The summed E-state index contributed by atoms with van der Waals surface area (Å²) in [6, 6.07) is 12.8. The summed E-state index contributed by atoms with van der Waals surface area (Å²) in [5.41, 5.74) is 2.67. The van der Waals surface area contributed by atoms with E-state index in [0.717, 1.165) is 30.6 Å². The highest BCUT2D eigenvalue weighted by Gasteiger charge is 2.31. The Hall–Kier alpha value is -3.19. The topological polar surface area (TPSA) is 71.5 Å². The first-order chi connectivity index (χ1) is 15.7. The molecule has 6 nitrogen and oxygen atoms in total. The number of ether oxygens (including phenoxy) is 1. The van der Waals surface area contributed by atoms with Gasteiger partial charge in [0.2, 0.25) is 5.91 Å². The Balaban J connectivity index is 1.51. The number of nitrogens with zero attached hydrogens (tertiary/aromatic N) is 2. The highest BCUT2D eigenvalue weighted by atomic mass is 32.1. The summed E-state index contributed by atoms with van der Waals surface area (Å²) in [5, 5.41) is 7.13. The summed E-state index contributed by atoms with van der Waals surface area (Å²) in [4.78, 5) is 31.9. The third-order valence-electron chi connectivity index (χ3n) is 5.54. The first kappa shape index (κ1) is 22.0. The maximum absolute atomic E-state index is 13.4. The highest BCUT2D eigenvalue weighted by Crippen LogP contribution is 2.21. The number of carbonyl (C=O) groups excluding carboxylic acids is 2. The number of thiophene rings is 1. The summed E-state index contributed by atoms with van der Waals surface area (Å²) in [6.07, 6.45) is 6.50. The van der Waals surface area contributed by atoms with Crippen LogP contribution in [0.1, 0.15) is 40.7 Å². The average Bonchev–Trinajstić information content (AvgIpc) is 3.25. The van der Waals surface area contributed by atoms with Crippen LogP contribution in [0, 0.1) is 0 Å². The number of hydrogen-bond donors (Lipinski definition) is 1. The number of carbonyl (C=O) groups is 2. The molecule has 4 rings (SSSR count). The van der Waals surface area contributed by atoms with Crippen molar-refractivity contribution in [1.29, 1.82) is 0 Å². The van der Waals surface area contributed by atoms with E-state index in [1.807, 2.05) is 24.3 Å². The number of pyridine rings is 1. The van der Waals surface area contributed by atoms with Crippen LogP contribution in [-0.4, -0.2) is 40.9 Å². The lowest BCUT2D eigenvalue weighted by Crippen LogP contribution is -2.48. The van der Waals surface area contributed by atoms with Crippen molar-refractivity contribution < 1.29 is 14.3 Å². The molecule has 1 fully saturated rings. The summed E-state index contributed by atoms with van der Waals surface area (Å²) in [7, 11) is 0. The minimum Gasteiger partial charge on any atom is -0.493 e. The lowest BCUT2D eigenvalue weighted by Gasteiger charge is -2.30. The fourth-order valence-electron chi connectivity index (χ4n) is 3.85. The predicted octanol–water partition coefficient (Wildman–Crippen LogP) is 4.08. The lowest BCUT2D eigenvalue weighted by atomic mass is 10.1. The first-order valence-corrected chi connectivity index (χ1v) is 11.9. The second-order valence-electron chi connectivity index (χ2n) is 7.85. The van der Waals surface area contributed by atoms with Gasteiger partial charge in [0.1, 0.15) is 11.8 Å². The van der Waals surface area contributed by atoms with Crippen LogP contribution in [0.25, 0.3) is 0 Å². The maximum atomic E-state index is 13.4. The molecule has 0 unspecified atom stereocenters. The quantitative estimate of drug-likeness (QED) is 0.563. The largest absolute Gasteiger partial charge is 0.493 e. The molecule has 1 aliphatic rings. The van der Waals surface area contributed by atoms with Crippen LogP contribution in [0.5, 0.6) is 5.75 Å². The van der Waals surface area contributed by atoms with Crippen LogP contribution < -0.4 is 10.1 Å². The van der Waals surface area contributed by atoms with E-state index in [1.54, 1.807) is 40.8 Å². The van der Waals surface area contributed by atoms with Gasteiger partial charge in [-0.2, -0.15) is 11.3 Å². The Bertz CT molecular complexity index is 1020. The number of rotatable bonds is 8. The van der Waals surface area contributed by atoms with E-state index in [4.69, 9.17) is 4.74 Å². The number of aromatic nitrogens is 1. The van der Waals surface area contributed by atoms with Gasteiger partial charge in [0.05, 0.1) is 12.2 Å². The third-order valence-corrected chi connectivity index (χ3v) is 6.27. The number of benzene rings is 1. The van der Waals surface area contributed by atoms with Gasteiger partial charge in [0, 0.05) is 31.9 Å². The van der Waals surface area contributed by atoms with Crippen molar-refractivity contribution in [3.8, 4) is 5.75 Å². The van der Waals surface area contributed by atoms with Crippen molar-refractivity contribution in [2.75, 3.05) is 13.2 Å². The van der Waals surface area contributed by atoms with Crippen molar-refractivity contribution in [3.63, 3.8) is 0 Å². The minimum atomic E-state index is -0.506. The van der Waals surface area contributed by atoms with E-state index >= 15 is 0 Å². The molecule has 3 aromatic rings. The molecular formula is C25H27N3O3S. The van der Waals surface area contributed by atoms with Gasteiger partial charge in [-0.05, 0) is 71.5 Å². The molecule has 0 saturated carbocycles. The molecule has 1 N–H and O–H groups in total. The molecule has 1 atom stereocenters. The van der Waals surface area contributed by atoms with Gasteiger partial charge in [-0.25, -0.2) is 0 Å². The van der Waals surface area contributed by atoms with Gasteiger partial charge in [-0.15, -0.1) is 0 Å². The second kappa shape index (κ2) is 10.9. The number of hydrogen-bond acceptors (Lipinski definition) is 5. The fraction of sp³-hybridized carbons (Fsp3) is 0.320. The van der Waals surface area contributed by atoms with Crippen molar-refractivity contribution in [2.45, 2.75) is 38.3 Å². The lowest BCUT2D eigenvalue weighted by molar-refractivity contribution is -0.125. The zero-order valence-corrected chi connectivity index (χ0v) is 18.7. The Morgan fingerprint density at radius 1 is 1.19 bits per heavy atom. The molecule has 1 aromatic carbocycles. The van der Waals surface area contributed by atoms with Crippen LogP contribution in [0.2, 0.25) is 0 Å². The van der Waals surface area contributed by atoms with Gasteiger partial charge in [0.15, 0.2) is 0 Å². The normalized spacial score (nSPS) is 16.1. The maximum Gasteiger partial charge on any atom is 0.256 e. The summed E-state index contributed by atoms with van der Waals surface area (Å²) >= 11 is 1.68. The molecule has 2 amide bonds. The van der Waals surface area contributed by atoms with Crippen molar-refractivity contribution >= 4 is 23.2 Å². The Labute approximate surface area is 192 Å². The van der Waals surface area contributed by atoms with E-state index in [1.165, 1.54) is 5.56 Å². The van der Waals surface area contributed by atoms with Crippen molar-refractivity contribution in [1.82, 2.24) is 15.2 Å². The second-order valence-corrected chi connectivity index (χ2v) is 8.63. The number of amides is 2. The Morgan fingerprint density at radius 3 is 2.94 bits per heavy atom. The van der Waals surface area contributed by atoms with Gasteiger partial charge >= 0.3 is 0 Å². The molecule has 0 aliphatic carbocycles. The summed E-state index contributed by atoms with van der Waals surface area (Å²) in [5.74, 6) is 0.476. The van der Waals surface area contributed by atoms with Gasteiger partial charge in [-0.3, -0.25) is 14.6 Å². The van der Waals surface area contributed by atoms with Crippen LogP contribution in [0.4, 0.5) is 0 Å². The molecule has 0 bridgehead atoms. The van der Waals surface area contributed by atoms with E-state index in [9.17, 15) is 9.59 Å². The standard InChI is InChI=1S/C25H27N3O3S/c29-24-23(8-1-2-12-27-24)28(25(30)21-6-4-11-26-16-21)17-20-5-3-7-22(15-20)31-13-9-19-10-14-32-18-19/h3-7,10-11,14-16,18,23H,1-2,8-9,12-13,17H2,(H,27,29)/t23-/m0/s1. The molecular weight excluding hydrogens is 422 g/mol. The smallest absolute Gasteiger partial charge is 0.256 e. The zero-order valence-electron chi connectivity index (χ0n) is 17.9. The predicted molar refractivity (Wildman–Crippen MR) is 125 cm³/mol. The van der Waals surface area contributed by atoms with Crippen LogP contribution in [0.15, 0.2) is 65.6 Å². The Morgan fingerprint density at radius 2 is 2.12 bits per heavy atom. The molecule has 2 aromatic heterocycles. The molecule has 32 heavy (non-hydrogen) atoms. The minimum absolute atomic E-state index is 0.0945. The molecule has 0 radical (unpaired) electrons. The molecule has 1 saturated heterocycles. The van der Waals surface area contributed by atoms with Crippen molar-refractivity contribution in [2.24, 2.45) is 0 Å². The van der Waals surface area contributed by atoms with Crippen LogP contribution in [0.3, 0.4) is 0 Å². The molecule has 1 aliphatic heterocycles. The fourth-order valence-corrected chi connectivity index (χ4v) is 4.55. The molecule has 0 spiro atoms. The number of nitrogens with one attached hydrogen (secondary N) is 1. The van der Waals surface area contributed by atoms with Gasteiger partial charge in [-0.1, -0.05) is 12.1 Å². The van der Waals surface area contributed by atoms with E-state index in [0.29, 0.717) is 31.7 Å². The molecule has 3 heterocycles. The summed E-state index contributed by atoms with van der Waals surface area (Å²) < 4.78 is 5.95. The van der Waals surface area contributed by atoms with Crippen molar-refractivity contribution in [3.05, 3.63) is 82.3 Å². The first-order valence-electron chi connectivity index (χ1n) is 10.9. The average molecular weight is 450 g/mol. The third kappa shape index (κ3) is 5.73. The SMILES string of the molecule is O=C1NCCCC[C@@H]1N(Cc1cccc(OCCc2ccsc2)c1)C(=O)c1cccnc1. The van der Waals surface area contributed by atoms with E-state index in [-0.39, 0.29) is 11.8 Å². The monoisotopic (exact) mass is 449 g/mol. The molecule has 7 heteroatoms. The van der Waals surface area contributed by atoms with Crippen LogP contribution in [-0.2, 0) is 17.8 Å². The molecule has 166 valence electrons. The van der Waals surface area contributed by atoms with Crippen LogP contribution >= 0.6 is 11.3 Å².